The van der Waals surface area contributed by atoms with Gasteiger partial charge in [-0.05, 0) is 43.5 Å². The van der Waals surface area contributed by atoms with Crippen molar-refractivity contribution in [3.05, 3.63) is 29.3 Å². The van der Waals surface area contributed by atoms with Crippen LogP contribution in [0.3, 0.4) is 0 Å². The lowest BCUT2D eigenvalue weighted by Gasteiger charge is -2.35. The molecule has 1 amide bonds. The molecule has 0 heterocycles. The lowest BCUT2D eigenvalue weighted by atomic mass is 9.91. The molecule has 0 aromatic heterocycles. The Morgan fingerprint density at radius 1 is 1.37 bits per heavy atom. The second kappa shape index (κ2) is 5.61. The summed E-state index contributed by atoms with van der Waals surface area (Å²) in [6, 6.07) is 5.24. The first-order valence-electron chi connectivity index (χ1n) is 6.82. The molecule has 4 heteroatoms. The van der Waals surface area contributed by atoms with E-state index in [2.05, 4.69) is 0 Å². The Hall–Kier alpha value is -1.55. The minimum Gasteiger partial charge on any atom is -0.399 e. The maximum atomic E-state index is 12.5. The monoisotopic (exact) mass is 262 g/mol. The van der Waals surface area contributed by atoms with E-state index in [0.29, 0.717) is 11.3 Å². The Morgan fingerprint density at radius 2 is 2.05 bits per heavy atom. The zero-order chi connectivity index (χ0) is 14.0. The third kappa shape index (κ3) is 2.89. The van der Waals surface area contributed by atoms with E-state index < -0.39 is 6.10 Å². The number of nitrogen functional groups attached to an aromatic ring is 1. The molecule has 2 atom stereocenters. The highest BCUT2D eigenvalue weighted by Crippen LogP contribution is 2.24. The summed E-state index contributed by atoms with van der Waals surface area (Å²) in [5, 5.41) is 10.0. The molecular formula is C15H22N2O2. The Bertz CT molecular complexity index is 473. The van der Waals surface area contributed by atoms with Gasteiger partial charge in [0.15, 0.2) is 0 Å². The third-order valence-corrected chi connectivity index (χ3v) is 3.99. The van der Waals surface area contributed by atoms with E-state index in [-0.39, 0.29) is 11.9 Å². The number of likely N-dealkylation sites (N-methyl/N-ethyl adjacent to an activating group) is 1. The number of aliphatic hydroxyl groups excluding tert-OH is 1. The number of hydrogen-bond acceptors (Lipinski definition) is 3. The third-order valence-electron chi connectivity index (χ3n) is 3.99. The molecule has 1 aromatic carbocycles. The van der Waals surface area contributed by atoms with Crippen LogP contribution in [-0.2, 0) is 0 Å². The summed E-state index contributed by atoms with van der Waals surface area (Å²) in [5.41, 5.74) is 7.90. The minimum absolute atomic E-state index is 0.0385. The van der Waals surface area contributed by atoms with Crippen molar-refractivity contribution in [2.75, 3.05) is 12.8 Å². The van der Waals surface area contributed by atoms with E-state index in [1.165, 1.54) is 0 Å². The quantitative estimate of drug-likeness (QED) is 0.801. The van der Waals surface area contributed by atoms with Crippen LogP contribution in [-0.4, -0.2) is 35.1 Å². The zero-order valence-corrected chi connectivity index (χ0v) is 11.6. The first-order chi connectivity index (χ1) is 9.00. The summed E-state index contributed by atoms with van der Waals surface area (Å²) in [6.07, 6.45) is 3.36. The number of amides is 1. The summed E-state index contributed by atoms with van der Waals surface area (Å²) < 4.78 is 0. The molecule has 0 aliphatic heterocycles. The van der Waals surface area contributed by atoms with Gasteiger partial charge in [-0.25, -0.2) is 0 Å². The van der Waals surface area contributed by atoms with Crippen LogP contribution in [0.1, 0.15) is 41.6 Å². The Morgan fingerprint density at radius 3 is 2.68 bits per heavy atom. The molecule has 1 aliphatic carbocycles. The second-order valence-corrected chi connectivity index (χ2v) is 5.41. The lowest BCUT2D eigenvalue weighted by molar-refractivity contribution is 0.0267. The largest absolute Gasteiger partial charge is 0.399 e. The minimum atomic E-state index is -0.406. The predicted octanol–water partition coefficient (Wildman–Crippen LogP) is 1.95. The second-order valence-electron chi connectivity index (χ2n) is 5.41. The van der Waals surface area contributed by atoms with E-state index in [1.807, 2.05) is 6.92 Å². The lowest BCUT2D eigenvalue weighted by Crippen LogP contribution is -2.46. The van der Waals surface area contributed by atoms with Gasteiger partial charge in [0.25, 0.3) is 5.91 Å². The van der Waals surface area contributed by atoms with Crippen LogP contribution in [0.25, 0.3) is 0 Å². The van der Waals surface area contributed by atoms with Crippen LogP contribution in [0.15, 0.2) is 18.2 Å². The van der Waals surface area contributed by atoms with Gasteiger partial charge in [0.05, 0.1) is 12.1 Å². The van der Waals surface area contributed by atoms with E-state index in [0.717, 1.165) is 31.2 Å². The van der Waals surface area contributed by atoms with Crippen molar-refractivity contribution in [1.82, 2.24) is 4.90 Å². The summed E-state index contributed by atoms with van der Waals surface area (Å²) >= 11 is 0. The molecule has 3 N–H and O–H groups in total. The van der Waals surface area contributed by atoms with Gasteiger partial charge in [-0.2, -0.15) is 0 Å². The molecule has 1 aromatic rings. The first-order valence-corrected chi connectivity index (χ1v) is 6.82. The van der Waals surface area contributed by atoms with Crippen molar-refractivity contribution < 1.29 is 9.90 Å². The van der Waals surface area contributed by atoms with Gasteiger partial charge in [-0.3, -0.25) is 4.79 Å². The topological polar surface area (TPSA) is 66.6 Å². The highest BCUT2D eigenvalue weighted by Gasteiger charge is 2.30. The molecule has 0 bridgehead atoms. The molecule has 2 unspecified atom stereocenters. The van der Waals surface area contributed by atoms with Crippen molar-refractivity contribution >= 4 is 11.6 Å². The number of aliphatic hydroxyl groups is 1. The number of nitrogens with two attached hydrogens (primary N) is 1. The van der Waals surface area contributed by atoms with Crippen molar-refractivity contribution in [1.29, 1.82) is 0 Å². The number of carbonyl (C=O) groups is 1. The fourth-order valence-electron chi connectivity index (χ4n) is 2.81. The zero-order valence-electron chi connectivity index (χ0n) is 11.6. The molecule has 0 spiro atoms. The van der Waals surface area contributed by atoms with Gasteiger partial charge in [0, 0.05) is 18.3 Å². The average molecular weight is 262 g/mol. The van der Waals surface area contributed by atoms with E-state index in [9.17, 15) is 9.90 Å². The summed E-state index contributed by atoms with van der Waals surface area (Å²) in [4.78, 5) is 14.2. The molecule has 4 nitrogen and oxygen atoms in total. The Balaban J connectivity index is 2.18. The van der Waals surface area contributed by atoms with Crippen LogP contribution in [0, 0.1) is 6.92 Å². The molecule has 104 valence electrons. The molecule has 1 aliphatic rings. The SMILES string of the molecule is Cc1cc(N)ccc1C(=O)N(C)C1CCCCC1O. The van der Waals surface area contributed by atoms with Crippen LogP contribution >= 0.6 is 0 Å². The highest BCUT2D eigenvalue weighted by molar-refractivity contribution is 5.96. The maximum Gasteiger partial charge on any atom is 0.254 e. The Kier molecular flexibility index (Phi) is 4.10. The number of benzene rings is 1. The first kappa shape index (κ1) is 13.9. The average Bonchev–Trinajstić information content (AvgIpc) is 2.38. The summed E-state index contributed by atoms with van der Waals surface area (Å²) in [7, 11) is 1.78. The van der Waals surface area contributed by atoms with E-state index in [4.69, 9.17) is 5.73 Å². The number of aryl methyl sites for hydroxylation is 1. The number of rotatable bonds is 2. The predicted molar refractivity (Wildman–Crippen MR) is 75.9 cm³/mol. The smallest absolute Gasteiger partial charge is 0.254 e. The number of nitrogens with zero attached hydrogens (tertiary/aromatic N) is 1. The summed E-state index contributed by atoms with van der Waals surface area (Å²) in [5.74, 6) is -0.0385. The number of carbonyl (C=O) groups excluding carboxylic acids is 1. The van der Waals surface area contributed by atoms with E-state index >= 15 is 0 Å². The van der Waals surface area contributed by atoms with Crippen molar-refractivity contribution in [2.24, 2.45) is 0 Å². The molecule has 19 heavy (non-hydrogen) atoms. The van der Waals surface area contributed by atoms with Crippen molar-refractivity contribution in [2.45, 2.75) is 44.8 Å². The van der Waals surface area contributed by atoms with Crippen LogP contribution in [0.5, 0.6) is 0 Å². The highest BCUT2D eigenvalue weighted by atomic mass is 16.3. The van der Waals surface area contributed by atoms with Crippen molar-refractivity contribution in [3.8, 4) is 0 Å². The van der Waals surface area contributed by atoms with Crippen LogP contribution < -0.4 is 5.73 Å². The molecule has 1 fully saturated rings. The molecule has 1 saturated carbocycles. The fourth-order valence-corrected chi connectivity index (χ4v) is 2.81. The molecular weight excluding hydrogens is 240 g/mol. The van der Waals surface area contributed by atoms with Crippen molar-refractivity contribution in [3.63, 3.8) is 0 Å². The molecule has 2 rings (SSSR count). The normalized spacial score (nSPS) is 23.1. The van der Waals surface area contributed by atoms with Gasteiger partial charge in [0.2, 0.25) is 0 Å². The molecule has 0 radical (unpaired) electrons. The molecule has 0 saturated heterocycles. The maximum absolute atomic E-state index is 12.5. The van der Waals surface area contributed by atoms with Gasteiger partial charge >= 0.3 is 0 Å². The number of hydrogen-bond donors (Lipinski definition) is 2. The fraction of sp³-hybridized carbons (Fsp3) is 0.533. The van der Waals surface area contributed by atoms with Gasteiger partial charge in [-0.15, -0.1) is 0 Å². The van der Waals surface area contributed by atoms with Gasteiger partial charge < -0.3 is 15.7 Å². The standard InChI is InChI=1S/C15H22N2O2/c1-10-9-11(16)7-8-12(10)15(19)17(2)13-5-3-4-6-14(13)18/h7-9,13-14,18H,3-6,16H2,1-2H3. The number of anilines is 1. The summed E-state index contributed by atoms with van der Waals surface area (Å²) in [6.45, 7) is 1.88. The van der Waals surface area contributed by atoms with E-state index in [1.54, 1.807) is 30.1 Å². The van der Waals surface area contributed by atoms with Gasteiger partial charge in [-0.1, -0.05) is 12.8 Å². The van der Waals surface area contributed by atoms with Crippen LogP contribution in [0.2, 0.25) is 0 Å². The van der Waals surface area contributed by atoms with Crippen LogP contribution in [0.4, 0.5) is 5.69 Å². The van der Waals surface area contributed by atoms with Gasteiger partial charge in [0.1, 0.15) is 0 Å². The Labute approximate surface area is 114 Å².